The zero-order valence-electron chi connectivity index (χ0n) is 31.5. The SMILES string of the molecule is FC(F)(F)c1cc(C(F)(F)F)c(-c2ccccn2)[n-]1.FC(F)(F)c1cc(C(F)(F)F)c(-c2ccccn2)[n-]1.FC(F)(F)c1cc(C(F)(F)F)c(-c2ccccn2)[n-]1.[Ag+].[Ag+].[Ag+].c1ccccc1. The average Bonchev–Trinajstić information content (AvgIpc) is 3.98. The quantitative estimate of drug-likeness (QED) is 0.130. The van der Waals surface area contributed by atoms with Crippen LogP contribution in [0.5, 0.6) is 0 Å². The zero-order valence-corrected chi connectivity index (χ0v) is 36.0. The molecule has 6 nitrogen and oxygen atoms in total. The molecule has 366 valence electrons. The predicted octanol–water partition coefficient (Wildman–Crippen LogP) is 12.9. The Labute approximate surface area is 406 Å². The normalized spacial score (nSPS) is 11.7. The van der Waals surface area contributed by atoms with Gasteiger partial charge in [-0.2, -0.15) is 79.0 Å². The van der Waals surface area contributed by atoms with Crippen LogP contribution in [-0.2, 0) is 104 Å². The zero-order chi connectivity index (χ0) is 47.0. The Hall–Kier alpha value is -4.53. The van der Waals surface area contributed by atoms with E-state index >= 15 is 0 Å². The summed E-state index contributed by atoms with van der Waals surface area (Å²) in [4.78, 5) is 19.8. The average molecular weight is 1240 g/mol. The van der Waals surface area contributed by atoms with E-state index in [4.69, 9.17) is 0 Å². The van der Waals surface area contributed by atoms with Gasteiger partial charge in [0.25, 0.3) is 0 Å². The third kappa shape index (κ3) is 17.0. The molecule has 0 atom stereocenters. The Morgan fingerprint density at radius 2 is 0.500 bits per heavy atom. The Morgan fingerprint density at radius 1 is 0.288 bits per heavy atom. The van der Waals surface area contributed by atoms with Crippen molar-refractivity contribution in [2.75, 3.05) is 0 Å². The van der Waals surface area contributed by atoms with Crippen LogP contribution in [0.2, 0.25) is 0 Å². The summed E-state index contributed by atoms with van der Waals surface area (Å²) < 4.78 is 226. The van der Waals surface area contributed by atoms with E-state index in [0.29, 0.717) is 0 Å². The first-order valence-electron chi connectivity index (χ1n) is 16.8. The Morgan fingerprint density at radius 3 is 0.652 bits per heavy atom. The van der Waals surface area contributed by atoms with Gasteiger partial charge in [0.1, 0.15) is 0 Å². The smallest absolute Gasteiger partial charge is 0.652 e. The second-order valence-corrected chi connectivity index (χ2v) is 12.0. The molecule has 0 spiro atoms. The van der Waals surface area contributed by atoms with Crippen LogP contribution in [-0.4, -0.2) is 15.0 Å². The van der Waals surface area contributed by atoms with Gasteiger partial charge < -0.3 is 15.0 Å². The number of alkyl halides is 18. The van der Waals surface area contributed by atoms with Gasteiger partial charge in [0, 0.05) is 52.4 Å². The fourth-order valence-electron chi connectivity index (χ4n) is 4.82. The molecule has 7 rings (SSSR count). The van der Waals surface area contributed by atoms with Gasteiger partial charge in [-0.25, -0.2) is 0 Å². The summed E-state index contributed by atoms with van der Waals surface area (Å²) in [5.41, 5.74) is -12.3. The molecule has 0 bridgehead atoms. The number of hydrogen-bond donors (Lipinski definition) is 0. The predicted molar refractivity (Wildman–Crippen MR) is 185 cm³/mol. The summed E-state index contributed by atoms with van der Waals surface area (Å²) >= 11 is 0. The molecule has 1 aromatic carbocycles. The largest absolute Gasteiger partial charge is 1.00 e. The number of rotatable bonds is 3. The van der Waals surface area contributed by atoms with E-state index in [0.717, 1.165) is 18.2 Å². The number of halogens is 18. The molecule has 0 aliphatic heterocycles. The second kappa shape index (κ2) is 24.0. The van der Waals surface area contributed by atoms with Gasteiger partial charge >= 0.3 is 104 Å². The van der Waals surface area contributed by atoms with Crippen molar-refractivity contribution in [3.8, 4) is 34.2 Å². The van der Waals surface area contributed by atoms with Crippen molar-refractivity contribution in [2.24, 2.45) is 0 Å². The molecule has 7 aromatic rings. The molecule has 0 N–H and O–H groups in total. The van der Waals surface area contributed by atoms with Crippen LogP contribution < -0.4 is 15.0 Å². The van der Waals surface area contributed by atoms with Crippen molar-refractivity contribution in [1.82, 2.24) is 29.9 Å². The Balaban J connectivity index is 0.000000454. The maximum Gasteiger partial charge on any atom is 1.00 e. The fourth-order valence-corrected chi connectivity index (χ4v) is 4.82. The molecule has 0 fully saturated rings. The van der Waals surface area contributed by atoms with Crippen molar-refractivity contribution < 1.29 is 146 Å². The van der Waals surface area contributed by atoms with E-state index in [-0.39, 0.29) is 102 Å². The first-order chi connectivity index (χ1) is 29.1. The summed E-state index contributed by atoms with van der Waals surface area (Å²) in [6, 6.07) is 23.9. The summed E-state index contributed by atoms with van der Waals surface area (Å²) in [5.74, 6) is 0. The van der Waals surface area contributed by atoms with Crippen LogP contribution in [0.3, 0.4) is 0 Å². The molecule has 6 aromatic heterocycles. The first kappa shape index (κ1) is 59.5. The van der Waals surface area contributed by atoms with E-state index in [1.165, 1.54) is 55.0 Å². The Kier molecular flexibility index (Phi) is 21.6. The summed E-state index contributed by atoms with van der Waals surface area (Å²) in [6.07, 6.45) is -26.1. The Bertz CT molecular complexity index is 2200. The van der Waals surface area contributed by atoms with Crippen molar-refractivity contribution in [1.29, 1.82) is 0 Å². The number of hydrogen-bond acceptors (Lipinski definition) is 3. The van der Waals surface area contributed by atoms with Gasteiger partial charge in [0.15, 0.2) is 0 Å². The van der Waals surface area contributed by atoms with Crippen LogP contribution >= 0.6 is 0 Å². The van der Waals surface area contributed by atoms with E-state index in [2.05, 4.69) is 29.9 Å². The van der Waals surface area contributed by atoms with Crippen LogP contribution in [0.1, 0.15) is 33.8 Å². The van der Waals surface area contributed by atoms with Crippen LogP contribution in [0.4, 0.5) is 79.0 Å². The van der Waals surface area contributed by atoms with Crippen molar-refractivity contribution in [2.45, 2.75) is 37.1 Å². The topological polar surface area (TPSA) is 81.0 Å². The summed E-state index contributed by atoms with van der Waals surface area (Å²) in [6.45, 7) is 0. The molecule has 0 saturated heterocycles. The molecule has 0 amide bonds. The monoisotopic (exact) mass is 1240 g/mol. The minimum atomic E-state index is -4.94. The van der Waals surface area contributed by atoms with E-state index < -0.39 is 87.9 Å². The van der Waals surface area contributed by atoms with Gasteiger partial charge in [-0.1, -0.05) is 107 Å². The van der Waals surface area contributed by atoms with E-state index in [1.807, 2.05) is 36.4 Å². The molecule has 0 radical (unpaired) electrons. The number of pyridine rings is 3. The van der Waals surface area contributed by atoms with Crippen molar-refractivity contribution in [3.63, 3.8) is 0 Å². The van der Waals surface area contributed by atoms with Crippen LogP contribution in [0.15, 0.2) is 128 Å². The number of nitrogens with zero attached hydrogens (tertiary/aromatic N) is 6. The molecule has 66 heavy (non-hydrogen) atoms. The number of benzene rings is 1. The standard InChI is InChI=1S/3C11H5F6N2.C6H6.3Ag/c3*12-10(13,14)6-5-8(11(15,16)17)19-9(6)7-3-1-2-4-18-7;1-2-4-6-5-3-1;;;/h3*1-5H;1-6H;;;/q3*-1;;3*+1. The van der Waals surface area contributed by atoms with Gasteiger partial charge in [-0.3, -0.25) is 15.0 Å². The molecule has 6 heterocycles. The molecule has 27 heteroatoms. The van der Waals surface area contributed by atoms with Gasteiger partial charge in [-0.05, 0) is 36.4 Å². The third-order valence-electron chi connectivity index (χ3n) is 7.48. The second-order valence-electron chi connectivity index (χ2n) is 12.0. The minimum Gasteiger partial charge on any atom is -0.652 e. The molecule has 0 aliphatic carbocycles. The maximum absolute atomic E-state index is 12.7. The maximum atomic E-state index is 12.7. The molecule has 0 saturated carbocycles. The molecule has 0 unspecified atom stereocenters. The molecular formula is C39H21Ag3F18N6. The number of aromatic nitrogens is 6. The fraction of sp³-hybridized carbons (Fsp3) is 0.154. The van der Waals surface area contributed by atoms with Gasteiger partial charge in [-0.15, -0.1) is 0 Å². The van der Waals surface area contributed by atoms with Gasteiger partial charge in [0.2, 0.25) is 0 Å². The van der Waals surface area contributed by atoms with E-state index in [9.17, 15) is 79.0 Å². The summed E-state index contributed by atoms with van der Waals surface area (Å²) in [5, 5.41) is 0. The third-order valence-corrected chi connectivity index (χ3v) is 7.48. The van der Waals surface area contributed by atoms with Crippen molar-refractivity contribution >= 4 is 0 Å². The summed E-state index contributed by atoms with van der Waals surface area (Å²) in [7, 11) is 0. The molecular weight excluding hydrogens is 1220 g/mol. The molecule has 0 aliphatic rings. The van der Waals surface area contributed by atoms with Crippen LogP contribution in [0.25, 0.3) is 34.2 Å². The first-order valence-corrected chi connectivity index (χ1v) is 16.8. The van der Waals surface area contributed by atoms with Gasteiger partial charge in [0.05, 0.1) is 0 Å². The minimum absolute atomic E-state index is 0. The van der Waals surface area contributed by atoms with E-state index in [1.54, 1.807) is 0 Å². The van der Waals surface area contributed by atoms with Crippen molar-refractivity contribution in [3.05, 3.63) is 162 Å². The van der Waals surface area contributed by atoms with Crippen LogP contribution in [0, 0.1) is 0 Å².